The highest BCUT2D eigenvalue weighted by Gasteiger charge is 2.13. The van der Waals surface area contributed by atoms with Crippen LogP contribution in [0.4, 0.5) is 29.6 Å². The molecule has 2 amide bonds. The first-order valence-electron chi connectivity index (χ1n) is 9.69. The number of hydrogen-bond acceptors (Lipinski definition) is 5. The molecule has 0 fully saturated rings. The summed E-state index contributed by atoms with van der Waals surface area (Å²) in [5.74, 6) is -4.07. The molecule has 11 heteroatoms. The van der Waals surface area contributed by atoms with Gasteiger partial charge in [-0.3, -0.25) is 15.1 Å². The van der Waals surface area contributed by atoms with E-state index in [2.05, 4.69) is 20.6 Å². The molecule has 0 saturated heterocycles. The number of rotatable bonds is 8. The number of carbonyl (C=O) groups is 1. The number of benzene rings is 2. The zero-order valence-corrected chi connectivity index (χ0v) is 16.8. The van der Waals surface area contributed by atoms with Crippen LogP contribution in [0, 0.1) is 17.5 Å². The van der Waals surface area contributed by atoms with Crippen LogP contribution in [-0.4, -0.2) is 29.1 Å². The molecule has 0 radical (unpaired) electrons. The Morgan fingerprint density at radius 3 is 2.44 bits per heavy atom. The zero-order chi connectivity index (χ0) is 23.1. The van der Waals surface area contributed by atoms with Crippen LogP contribution in [0.5, 0.6) is 0 Å². The van der Waals surface area contributed by atoms with E-state index in [-0.39, 0.29) is 11.5 Å². The third-order valence-electron chi connectivity index (χ3n) is 4.44. The normalized spacial score (nSPS) is 10.8. The van der Waals surface area contributed by atoms with Gasteiger partial charge in [-0.1, -0.05) is 24.3 Å². The van der Waals surface area contributed by atoms with Gasteiger partial charge in [-0.25, -0.2) is 22.9 Å². The minimum Gasteiger partial charge on any atom is -0.330 e. The Balaban J connectivity index is 1.64. The molecule has 32 heavy (non-hydrogen) atoms. The second-order valence-corrected chi connectivity index (χ2v) is 6.82. The highest BCUT2D eigenvalue weighted by Crippen LogP contribution is 2.19. The van der Waals surface area contributed by atoms with Gasteiger partial charge in [0.2, 0.25) is 5.95 Å². The Bertz CT molecular complexity index is 1150. The van der Waals surface area contributed by atoms with Gasteiger partial charge in [-0.15, -0.1) is 0 Å². The summed E-state index contributed by atoms with van der Waals surface area (Å²) in [5, 5.41) is 7.47. The number of nitrogens with one attached hydrogen (secondary N) is 4. The van der Waals surface area contributed by atoms with E-state index in [1.807, 2.05) is 17.4 Å². The van der Waals surface area contributed by atoms with E-state index >= 15 is 0 Å². The van der Waals surface area contributed by atoms with E-state index in [1.165, 1.54) is 6.20 Å². The number of hydrogen-bond donors (Lipinski definition) is 5. The third kappa shape index (κ3) is 5.93. The molecular formula is C21H21F3N6O2. The first-order chi connectivity index (χ1) is 15.4. The molecule has 0 aliphatic carbocycles. The second-order valence-electron chi connectivity index (χ2n) is 6.82. The Kier molecular flexibility index (Phi) is 7.58. The maximum Gasteiger partial charge on any atom is 0.326 e. The lowest BCUT2D eigenvalue weighted by atomic mass is 10.1. The number of aromatic nitrogens is 2. The molecule has 3 aromatic rings. The standard InChI is InChI=1S/C21H21F3N6O2/c22-15-8-17(24)18(9-16(15)23)28-21(32)30-20-27-11-14(19(31)29-20)13-4-2-12(3-5-13)10-26-7-1-6-25/h2-5,8-9,11,26H,1,6-7,10,25H2,(H3,27,28,29,30,31,32). The minimum absolute atomic E-state index is 0.208. The summed E-state index contributed by atoms with van der Waals surface area (Å²) in [6.07, 6.45) is 2.16. The van der Waals surface area contributed by atoms with Crippen LogP contribution in [0.3, 0.4) is 0 Å². The number of halogens is 3. The molecule has 0 aliphatic rings. The van der Waals surface area contributed by atoms with Crippen molar-refractivity contribution in [1.29, 1.82) is 0 Å². The van der Waals surface area contributed by atoms with Gasteiger partial charge >= 0.3 is 6.03 Å². The van der Waals surface area contributed by atoms with Crippen LogP contribution in [0.15, 0.2) is 47.4 Å². The third-order valence-corrected chi connectivity index (χ3v) is 4.44. The number of amides is 2. The molecule has 0 bridgehead atoms. The lowest BCUT2D eigenvalue weighted by Gasteiger charge is -2.09. The van der Waals surface area contributed by atoms with E-state index in [1.54, 1.807) is 12.1 Å². The molecule has 0 unspecified atom stereocenters. The topological polar surface area (TPSA) is 125 Å². The monoisotopic (exact) mass is 446 g/mol. The van der Waals surface area contributed by atoms with E-state index in [4.69, 9.17) is 5.73 Å². The summed E-state index contributed by atoms with van der Waals surface area (Å²) in [4.78, 5) is 30.7. The predicted octanol–water partition coefficient (Wildman–Crippen LogP) is 2.94. The Labute approximate surface area is 181 Å². The first kappa shape index (κ1) is 23.0. The fourth-order valence-electron chi connectivity index (χ4n) is 2.81. The average Bonchev–Trinajstić information content (AvgIpc) is 2.76. The molecule has 0 atom stereocenters. The van der Waals surface area contributed by atoms with Crippen molar-refractivity contribution in [3.05, 3.63) is 76.0 Å². The van der Waals surface area contributed by atoms with Gasteiger partial charge in [0.15, 0.2) is 11.6 Å². The minimum atomic E-state index is -1.38. The SMILES string of the molecule is NCCCNCc1ccc(-c2cnc(NC(=O)Nc3cc(F)c(F)cc3F)[nH]c2=O)cc1. The van der Waals surface area contributed by atoms with Crippen molar-refractivity contribution in [1.82, 2.24) is 15.3 Å². The Morgan fingerprint density at radius 1 is 1.03 bits per heavy atom. The molecule has 3 rings (SSSR count). The zero-order valence-electron chi connectivity index (χ0n) is 16.8. The van der Waals surface area contributed by atoms with Crippen molar-refractivity contribution >= 4 is 17.7 Å². The lowest BCUT2D eigenvalue weighted by molar-refractivity contribution is 0.262. The molecule has 0 saturated carbocycles. The Hall–Kier alpha value is -3.70. The highest BCUT2D eigenvalue weighted by atomic mass is 19.2. The number of urea groups is 1. The molecule has 2 aromatic carbocycles. The van der Waals surface area contributed by atoms with E-state index in [0.717, 1.165) is 18.5 Å². The summed E-state index contributed by atoms with van der Waals surface area (Å²) < 4.78 is 39.8. The van der Waals surface area contributed by atoms with Crippen LogP contribution in [0.25, 0.3) is 11.1 Å². The fraction of sp³-hybridized carbons (Fsp3) is 0.190. The van der Waals surface area contributed by atoms with E-state index in [0.29, 0.717) is 30.8 Å². The summed E-state index contributed by atoms with van der Waals surface area (Å²) >= 11 is 0. The van der Waals surface area contributed by atoms with Crippen molar-refractivity contribution in [2.75, 3.05) is 23.7 Å². The molecule has 1 aromatic heterocycles. The number of nitrogens with two attached hydrogens (primary N) is 1. The van der Waals surface area contributed by atoms with Crippen LogP contribution >= 0.6 is 0 Å². The molecule has 1 heterocycles. The molecule has 6 N–H and O–H groups in total. The second kappa shape index (κ2) is 10.6. The number of H-pyrrole nitrogens is 1. The maximum atomic E-state index is 13.6. The molecule has 0 spiro atoms. The van der Waals surface area contributed by atoms with Gasteiger partial charge in [0, 0.05) is 24.9 Å². The van der Waals surface area contributed by atoms with Crippen LogP contribution in [0.2, 0.25) is 0 Å². The van der Waals surface area contributed by atoms with Crippen LogP contribution in [0.1, 0.15) is 12.0 Å². The van der Waals surface area contributed by atoms with Gasteiger partial charge in [0.05, 0.1) is 11.3 Å². The van der Waals surface area contributed by atoms with Gasteiger partial charge in [-0.2, -0.15) is 0 Å². The van der Waals surface area contributed by atoms with Gasteiger partial charge in [0.25, 0.3) is 5.56 Å². The lowest BCUT2D eigenvalue weighted by Crippen LogP contribution is -2.24. The van der Waals surface area contributed by atoms with Crippen LogP contribution in [-0.2, 0) is 6.54 Å². The number of aromatic amines is 1. The quantitative estimate of drug-likeness (QED) is 0.269. The van der Waals surface area contributed by atoms with Gasteiger partial charge < -0.3 is 16.4 Å². The van der Waals surface area contributed by atoms with E-state index < -0.39 is 34.7 Å². The summed E-state index contributed by atoms with van der Waals surface area (Å²) in [6, 6.07) is 7.11. The number of anilines is 2. The Morgan fingerprint density at radius 2 is 1.75 bits per heavy atom. The highest BCUT2D eigenvalue weighted by molar-refractivity contribution is 5.98. The fourth-order valence-corrected chi connectivity index (χ4v) is 2.81. The first-order valence-corrected chi connectivity index (χ1v) is 9.69. The van der Waals surface area contributed by atoms with Crippen molar-refractivity contribution in [2.45, 2.75) is 13.0 Å². The predicted molar refractivity (Wildman–Crippen MR) is 115 cm³/mol. The summed E-state index contributed by atoms with van der Waals surface area (Å²) in [5.41, 5.74) is 6.31. The van der Waals surface area contributed by atoms with Crippen LogP contribution < -0.4 is 27.2 Å². The average molecular weight is 446 g/mol. The van der Waals surface area contributed by atoms with E-state index in [9.17, 15) is 22.8 Å². The number of carbonyl (C=O) groups excluding carboxylic acids is 1. The van der Waals surface area contributed by atoms with Crippen molar-refractivity contribution < 1.29 is 18.0 Å². The molecule has 0 aliphatic heterocycles. The van der Waals surface area contributed by atoms with Crippen molar-refractivity contribution in [3.63, 3.8) is 0 Å². The molecule has 168 valence electrons. The summed E-state index contributed by atoms with van der Waals surface area (Å²) in [6.45, 7) is 2.11. The van der Waals surface area contributed by atoms with Crippen molar-refractivity contribution in [2.24, 2.45) is 5.73 Å². The molecule has 8 nitrogen and oxygen atoms in total. The number of nitrogens with zero attached hydrogens (tertiary/aromatic N) is 1. The largest absolute Gasteiger partial charge is 0.330 e. The van der Waals surface area contributed by atoms with Crippen molar-refractivity contribution in [3.8, 4) is 11.1 Å². The van der Waals surface area contributed by atoms with Gasteiger partial charge in [-0.05, 0) is 30.6 Å². The smallest absolute Gasteiger partial charge is 0.326 e. The molecular weight excluding hydrogens is 425 g/mol. The maximum absolute atomic E-state index is 13.6. The summed E-state index contributed by atoms with van der Waals surface area (Å²) in [7, 11) is 0. The van der Waals surface area contributed by atoms with Gasteiger partial charge in [0.1, 0.15) is 5.82 Å².